The molecule has 0 unspecified atom stereocenters. The fourth-order valence-electron chi connectivity index (χ4n) is 2.68. The highest BCUT2D eigenvalue weighted by molar-refractivity contribution is 5.66. The number of anilines is 3. The minimum Gasteiger partial charge on any atom is -0.396 e. The maximum absolute atomic E-state index is 5.99. The van der Waals surface area contributed by atoms with E-state index in [0.29, 0.717) is 0 Å². The summed E-state index contributed by atoms with van der Waals surface area (Å²) in [4.78, 5) is 17.6. The van der Waals surface area contributed by atoms with Gasteiger partial charge in [0.2, 0.25) is 5.95 Å². The van der Waals surface area contributed by atoms with E-state index in [-0.39, 0.29) is 0 Å². The third kappa shape index (κ3) is 2.89. The maximum Gasteiger partial charge on any atom is 0.225 e. The summed E-state index contributed by atoms with van der Waals surface area (Å²) >= 11 is 0. The van der Waals surface area contributed by atoms with Crippen LogP contribution < -0.4 is 15.5 Å². The van der Waals surface area contributed by atoms with Crippen molar-refractivity contribution in [2.75, 3.05) is 41.7 Å². The molecule has 1 fully saturated rings. The molecule has 110 valence electrons. The molecule has 0 spiro atoms. The van der Waals surface area contributed by atoms with Gasteiger partial charge in [-0.15, -0.1) is 0 Å². The van der Waals surface area contributed by atoms with E-state index in [2.05, 4.69) is 24.8 Å². The van der Waals surface area contributed by atoms with Gasteiger partial charge in [-0.05, 0) is 26.0 Å². The third-order valence-electron chi connectivity index (χ3n) is 3.70. The van der Waals surface area contributed by atoms with Gasteiger partial charge in [-0.25, -0.2) is 9.97 Å². The first-order chi connectivity index (χ1) is 10.1. The Hall–Kier alpha value is -2.37. The van der Waals surface area contributed by atoms with Gasteiger partial charge in [0, 0.05) is 43.8 Å². The van der Waals surface area contributed by atoms with Crippen LogP contribution in [0.25, 0.3) is 0 Å². The fraction of sp³-hybridized carbons (Fsp3) is 0.400. The molecule has 0 bridgehead atoms. The zero-order valence-electron chi connectivity index (χ0n) is 12.5. The first-order valence-corrected chi connectivity index (χ1v) is 7.15. The number of rotatable bonds is 2. The van der Waals surface area contributed by atoms with E-state index in [0.717, 1.165) is 54.9 Å². The Morgan fingerprint density at radius 2 is 1.62 bits per heavy atom. The number of nitrogen functional groups attached to an aromatic ring is 1. The Balaban J connectivity index is 1.72. The van der Waals surface area contributed by atoms with Crippen LogP contribution in [0.2, 0.25) is 0 Å². The largest absolute Gasteiger partial charge is 0.396 e. The molecule has 2 N–H and O–H groups in total. The molecule has 6 heteroatoms. The lowest BCUT2D eigenvalue weighted by molar-refractivity contribution is 0.638. The van der Waals surface area contributed by atoms with Crippen LogP contribution in [0, 0.1) is 13.8 Å². The molecule has 2 aromatic rings. The Morgan fingerprint density at radius 1 is 1.00 bits per heavy atom. The molecule has 0 radical (unpaired) electrons. The predicted octanol–water partition coefficient (Wildman–Crippen LogP) is 1.40. The normalized spacial score (nSPS) is 15.3. The Kier molecular flexibility index (Phi) is 3.60. The van der Waals surface area contributed by atoms with Gasteiger partial charge in [0.1, 0.15) is 0 Å². The number of nitrogens with zero attached hydrogens (tertiary/aromatic N) is 5. The smallest absolute Gasteiger partial charge is 0.225 e. The average molecular weight is 284 g/mol. The van der Waals surface area contributed by atoms with E-state index in [1.54, 1.807) is 12.4 Å². The zero-order valence-corrected chi connectivity index (χ0v) is 12.5. The number of hydrogen-bond donors (Lipinski definition) is 1. The number of nitrogens with two attached hydrogens (primary N) is 1. The minimum absolute atomic E-state index is 0.730. The Morgan fingerprint density at radius 3 is 2.24 bits per heavy atom. The molecule has 0 saturated carbocycles. The van der Waals surface area contributed by atoms with Crippen LogP contribution in [-0.2, 0) is 0 Å². The molecule has 1 saturated heterocycles. The van der Waals surface area contributed by atoms with Gasteiger partial charge in [-0.1, -0.05) is 0 Å². The highest BCUT2D eigenvalue weighted by Gasteiger charge is 2.20. The van der Waals surface area contributed by atoms with Gasteiger partial charge in [0.15, 0.2) is 0 Å². The highest BCUT2D eigenvalue weighted by atomic mass is 15.3. The summed E-state index contributed by atoms with van der Waals surface area (Å²) in [6.07, 6.45) is 3.49. The fourth-order valence-corrected chi connectivity index (χ4v) is 2.68. The summed E-state index contributed by atoms with van der Waals surface area (Å²) in [7, 11) is 0. The van der Waals surface area contributed by atoms with E-state index in [9.17, 15) is 0 Å². The summed E-state index contributed by atoms with van der Waals surface area (Å²) < 4.78 is 0. The Bertz CT molecular complexity index is 614. The van der Waals surface area contributed by atoms with Crippen LogP contribution in [0.15, 0.2) is 24.5 Å². The van der Waals surface area contributed by atoms with Crippen LogP contribution in [0.5, 0.6) is 0 Å². The van der Waals surface area contributed by atoms with Gasteiger partial charge >= 0.3 is 0 Å². The summed E-state index contributed by atoms with van der Waals surface area (Å²) in [6.45, 7) is 7.61. The molecule has 0 amide bonds. The molecule has 6 nitrogen and oxygen atoms in total. The van der Waals surface area contributed by atoms with Gasteiger partial charge in [-0.3, -0.25) is 4.98 Å². The quantitative estimate of drug-likeness (QED) is 0.898. The van der Waals surface area contributed by atoms with Crippen molar-refractivity contribution < 1.29 is 0 Å². The van der Waals surface area contributed by atoms with Gasteiger partial charge in [0.05, 0.1) is 17.6 Å². The molecule has 0 aromatic carbocycles. The molecule has 21 heavy (non-hydrogen) atoms. The lowest BCUT2D eigenvalue weighted by atomic mass is 10.2. The van der Waals surface area contributed by atoms with Crippen molar-refractivity contribution in [1.29, 1.82) is 0 Å². The van der Waals surface area contributed by atoms with Crippen LogP contribution in [0.1, 0.15) is 11.4 Å². The molecule has 1 aliphatic rings. The first-order valence-electron chi connectivity index (χ1n) is 7.15. The van der Waals surface area contributed by atoms with Crippen molar-refractivity contribution in [3.8, 4) is 0 Å². The molecule has 0 atom stereocenters. The maximum atomic E-state index is 5.99. The molecule has 1 aliphatic heterocycles. The standard InChI is InChI=1S/C15H20N6/c1-11-9-12(2)19-15(18-11)21-7-5-20(6-8-21)14-3-4-17-10-13(14)16/h3-4,9-10H,5-8,16H2,1-2H3. The van der Waals surface area contributed by atoms with E-state index >= 15 is 0 Å². The van der Waals surface area contributed by atoms with Crippen molar-refractivity contribution in [2.45, 2.75) is 13.8 Å². The predicted molar refractivity (Wildman–Crippen MR) is 84.6 cm³/mol. The minimum atomic E-state index is 0.730. The SMILES string of the molecule is Cc1cc(C)nc(N2CCN(c3ccncc3N)CC2)n1. The molecule has 0 aliphatic carbocycles. The van der Waals surface area contributed by atoms with Crippen LogP contribution >= 0.6 is 0 Å². The number of aromatic nitrogens is 3. The Labute approximate surface area is 124 Å². The van der Waals surface area contributed by atoms with Crippen molar-refractivity contribution >= 4 is 17.3 Å². The molecular weight excluding hydrogens is 264 g/mol. The number of hydrogen-bond acceptors (Lipinski definition) is 6. The van der Waals surface area contributed by atoms with Gasteiger partial charge < -0.3 is 15.5 Å². The first kappa shape index (κ1) is 13.6. The average Bonchev–Trinajstić information content (AvgIpc) is 2.47. The van der Waals surface area contributed by atoms with Crippen molar-refractivity contribution in [1.82, 2.24) is 15.0 Å². The summed E-state index contributed by atoms with van der Waals surface area (Å²) in [5.41, 5.74) is 9.81. The second-order valence-corrected chi connectivity index (χ2v) is 5.36. The number of aryl methyl sites for hydroxylation is 2. The van der Waals surface area contributed by atoms with Gasteiger partial charge in [0.25, 0.3) is 0 Å². The van der Waals surface area contributed by atoms with E-state index in [1.165, 1.54) is 0 Å². The van der Waals surface area contributed by atoms with Gasteiger partial charge in [-0.2, -0.15) is 0 Å². The van der Waals surface area contributed by atoms with Crippen LogP contribution in [0.3, 0.4) is 0 Å². The zero-order chi connectivity index (χ0) is 14.8. The lowest BCUT2D eigenvalue weighted by Crippen LogP contribution is -2.47. The summed E-state index contributed by atoms with van der Waals surface area (Å²) in [5, 5.41) is 0. The highest BCUT2D eigenvalue weighted by Crippen LogP contribution is 2.23. The topological polar surface area (TPSA) is 71.2 Å². The van der Waals surface area contributed by atoms with E-state index in [1.807, 2.05) is 26.0 Å². The second kappa shape index (κ2) is 5.55. The van der Waals surface area contributed by atoms with Crippen LogP contribution in [-0.4, -0.2) is 41.1 Å². The monoisotopic (exact) mass is 284 g/mol. The molecule has 2 aromatic heterocycles. The summed E-state index contributed by atoms with van der Waals surface area (Å²) in [6, 6.07) is 3.97. The van der Waals surface area contributed by atoms with Crippen LogP contribution in [0.4, 0.5) is 17.3 Å². The molecular formula is C15H20N6. The molecule has 3 heterocycles. The van der Waals surface area contributed by atoms with E-state index in [4.69, 9.17) is 5.73 Å². The van der Waals surface area contributed by atoms with E-state index < -0.39 is 0 Å². The van der Waals surface area contributed by atoms with Crippen molar-refractivity contribution in [2.24, 2.45) is 0 Å². The molecule has 3 rings (SSSR count). The summed E-state index contributed by atoms with van der Waals surface area (Å²) in [5.74, 6) is 0.829. The number of piperazine rings is 1. The van der Waals surface area contributed by atoms with Crippen molar-refractivity contribution in [3.05, 3.63) is 35.9 Å². The lowest BCUT2D eigenvalue weighted by Gasteiger charge is -2.36. The van der Waals surface area contributed by atoms with Crippen molar-refractivity contribution in [3.63, 3.8) is 0 Å². The number of pyridine rings is 1. The third-order valence-corrected chi connectivity index (χ3v) is 3.70. The second-order valence-electron chi connectivity index (χ2n) is 5.36.